The largest absolute Gasteiger partial charge is 0.381 e. The van der Waals surface area contributed by atoms with Crippen LogP contribution in [0, 0.1) is 5.41 Å². The van der Waals surface area contributed by atoms with Crippen LogP contribution < -0.4 is 5.73 Å². The van der Waals surface area contributed by atoms with Crippen molar-refractivity contribution < 1.29 is 4.74 Å². The highest BCUT2D eigenvalue weighted by atomic mass is 16.5. The van der Waals surface area contributed by atoms with Gasteiger partial charge in [-0.2, -0.15) is 0 Å². The molecule has 0 saturated heterocycles. The third-order valence-corrected chi connectivity index (χ3v) is 1.49. The Labute approximate surface area is 70.1 Å². The first-order chi connectivity index (χ1) is 5.06. The molecule has 2 heteroatoms. The van der Waals surface area contributed by atoms with Crippen molar-refractivity contribution in [2.24, 2.45) is 11.1 Å². The van der Waals surface area contributed by atoms with Gasteiger partial charge in [-0.3, -0.25) is 0 Å². The molecule has 0 aliphatic rings. The number of nitrogens with two attached hydrogens (primary N) is 1. The first kappa shape index (κ1) is 10.9. The first-order valence-corrected chi connectivity index (χ1v) is 4.34. The van der Waals surface area contributed by atoms with E-state index < -0.39 is 0 Å². The summed E-state index contributed by atoms with van der Waals surface area (Å²) in [6.45, 7) is 9.07. The van der Waals surface area contributed by atoms with Crippen LogP contribution in [-0.4, -0.2) is 19.8 Å². The maximum Gasteiger partial charge on any atom is 0.0478 e. The summed E-state index contributed by atoms with van der Waals surface area (Å²) in [5, 5.41) is 0. The predicted molar refractivity (Wildman–Crippen MR) is 48.6 cm³/mol. The lowest BCUT2D eigenvalue weighted by molar-refractivity contribution is 0.107. The number of ether oxygens (including phenoxy) is 1. The zero-order chi connectivity index (χ0) is 8.74. The Bertz CT molecular complexity index is 86.1. The minimum absolute atomic E-state index is 0.392. The third kappa shape index (κ3) is 9.92. The van der Waals surface area contributed by atoms with Gasteiger partial charge in [0.2, 0.25) is 0 Å². The molecule has 2 N–H and O–H groups in total. The molecule has 0 spiro atoms. The smallest absolute Gasteiger partial charge is 0.0478 e. The molecule has 0 rings (SSSR count). The Balaban J connectivity index is 3.02. The predicted octanol–water partition coefficient (Wildman–Crippen LogP) is 1.79. The van der Waals surface area contributed by atoms with Crippen LogP contribution in [0.2, 0.25) is 0 Å². The van der Waals surface area contributed by atoms with Gasteiger partial charge in [-0.25, -0.2) is 0 Å². The second-order valence-electron chi connectivity index (χ2n) is 4.07. The molecule has 0 aromatic rings. The summed E-state index contributed by atoms with van der Waals surface area (Å²) < 4.78 is 5.37. The maximum atomic E-state index is 5.37. The van der Waals surface area contributed by atoms with Gasteiger partial charge in [0.1, 0.15) is 0 Å². The summed E-state index contributed by atoms with van der Waals surface area (Å²) in [6.07, 6.45) is 2.10. The fourth-order valence-electron chi connectivity index (χ4n) is 0.666. The first-order valence-electron chi connectivity index (χ1n) is 4.34. The molecule has 0 fully saturated rings. The minimum atomic E-state index is 0.392. The van der Waals surface area contributed by atoms with Crippen molar-refractivity contribution in [1.29, 1.82) is 0 Å². The van der Waals surface area contributed by atoms with Crippen LogP contribution in [0.3, 0.4) is 0 Å². The van der Waals surface area contributed by atoms with E-state index in [-0.39, 0.29) is 0 Å². The van der Waals surface area contributed by atoms with Crippen LogP contribution in [0.5, 0.6) is 0 Å². The van der Waals surface area contributed by atoms with Gasteiger partial charge in [-0.05, 0) is 24.8 Å². The van der Waals surface area contributed by atoms with Gasteiger partial charge >= 0.3 is 0 Å². The van der Waals surface area contributed by atoms with E-state index >= 15 is 0 Å². The third-order valence-electron chi connectivity index (χ3n) is 1.49. The molecular formula is C9H21NO. The number of hydrogen-bond acceptors (Lipinski definition) is 2. The van der Waals surface area contributed by atoms with E-state index in [1.165, 1.54) is 0 Å². The topological polar surface area (TPSA) is 35.2 Å². The van der Waals surface area contributed by atoms with Crippen molar-refractivity contribution >= 4 is 0 Å². The Kier molecular flexibility index (Phi) is 5.51. The van der Waals surface area contributed by atoms with Crippen molar-refractivity contribution in [1.82, 2.24) is 0 Å². The van der Waals surface area contributed by atoms with E-state index in [1.54, 1.807) is 0 Å². The van der Waals surface area contributed by atoms with Crippen LogP contribution in [-0.2, 0) is 4.74 Å². The highest BCUT2D eigenvalue weighted by molar-refractivity contribution is 4.59. The molecule has 0 aromatic carbocycles. The average Bonchev–Trinajstić information content (AvgIpc) is 1.85. The van der Waals surface area contributed by atoms with Crippen molar-refractivity contribution in [3.05, 3.63) is 0 Å². The van der Waals surface area contributed by atoms with Crippen LogP contribution in [0.4, 0.5) is 0 Å². The minimum Gasteiger partial charge on any atom is -0.381 e. The fourth-order valence-corrected chi connectivity index (χ4v) is 0.666. The second-order valence-corrected chi connectivity index (χ2v) is 4.07. The molecule has 0 aliphatic carbocycles. The van der Waals surface area contributed by atoms with E-state index in [1.807, 2.05) is 0 Å². The van der Waals surface area contributed by atoms with Crippen molar-refractivity contribution in [3.63, 3.8) is 0 Å². The SMILES string of the molecule is CC(C)(C)CCOCCCN. The van der Waals surface area contributed by atoms with Crippen molar-refractivity contribution in [2.45, 2.75) is 33.6 Å². The summed E-state index contributed by atoms with van der Waals surface area (Å²) in [4.78, 5) is 0. The lowest BCUT2D eigenvalue weighted by Gasteiger charge is -2.17. The molecule has 0 aliphatic heterocycles. The molecule has 68 valence electrons. The lowest BCUT2D eigenvalue weighted by Crippen LogP contribution is -2.11. The molecule has 0 radical (unpaired) electrons. The summed E-state index contributed by atoms with van der Waals surface area (Å²) in [7, 11) is 0. The molecule has 0 unspecified atom stereocenters. The molecular weight excluding hydrogens is 138 g/mol. The van der Waals surface area contributed by atoms with Crippen molar-refractivity contribution in [2.75, 3.05) is 19.8 Å². The van der Waals surface area contributed by atoms with Gasteiger partial charge in [0.15, 0.2) is 0 Å². The molecule has 0 amide bonds. The lowest BCUT2D eigenvalue weighted by atomic mass is 9.93. The Hall–Kier alpha value is -0.0800. The monoisotopic (exact) mass is 159 g/mol. The van der Waals surface area contributed by atoms with E-state index in [0.717, 1.165) is 32.6 Å². The molecule has 0 aromatic heterocycles. The molecule has 0 saturated carbocycles. The quantitative estimate of drug-likeness (QED) is 0.621. The standard InChI is InChI=1S/C9H21NO/c1-9(2,3)5-8-11-7-4-6-10/h4-8,10H2,1-3H3. The van der Waals surface area contributed by atoms with Crippen LogP contribution in [0.1, 0.15) is 33.6 Å². The number of hydrogen-bond donors (Lipinski definition) is 1. The van der Waals surface area contributed by atoms with Gasteiger partial charge in [-0.1, -0.05) is 20.8 Å². The summed E-state index contributed by atoms with van der Waals surface area (Å²) in [5.74, 6) is 0. The van der Waals surface area contributed by atoms with E-state index in [2.05, 4.69) is 20.8 Å². The molecule has 11 heavy (non-hydrogen) atoms. The Morgan fingerprint density at radius 1 is 1.18 bits per heavy atom. The van der Waals surface area contributed by atoms with Gasteiger partial charge < -0.3 is 10.5 Å². The van der Waals surface area contributed by atoms with Gasteiger partial charge in [-0.15, -0.1) is 0 Å². The molecule has 0 atom stereocenters. The Morgan fingerprint density at radius 3 is 2.27 bits per heavy atom. The van der Waals surface area contributed by atoms with Gasteiger partial charge in [0.25, 0.3) is 0 Å². The van der Waals surface area contributed by atoms with Crippen molar-refractivity contribution in [3.8, 4) is 0 Å². The summed E-state index contributed by atoms with van der Waals surface area (Å²) in [6, 6.07) is 0. The average molecular weight is 159 g/mol. The van der Waals surface area contributed by atoms with Crippen LogP contribution >= 0.6 is 0 Å². The Morgan fingerprint density at radius 2 is 1.82 bits per heavy atom. The molecule has 2 nitrogen and oxygen atoms in total. The zero-order valence-electron chi connectivity index (χ0n) is 8.02. The summed E-state index contributed by atoms with van der Waals surface area (Å²) >= 11 is 0. The maximum absolute atomic E-state index is 5.37. The van der Waals surface area contributed by atoms with Crippen LogP contribution in [0.15, 0.2) is 0 Å². The van der Waals surface area contributed by atoms with E-state index in [4.69, 9.17) is 10.5 Å². The zero-order valence-corrected chi connectivity index (χ0v) is 8.02. The van der Waals surface area contributed by atoms with Crippen LogP contribution in [0.25, 0.3) is 0 Å². The summed E-state index contributed by atoms with van der Waals surface area (Å²) in [5.41, 5.74) is 5.71. The van der Waals surface area contributed by atoms with E-state index in [9.17, 15) is 0 Å². The normalized spacial score (nSPS) is 12.0. The van der Waals surface area contributed by atoms with E-state index in [0.29, 0.717) is 5.41 Å². The molecule has 0 bridgehead atoms. The van der Waals surface area contributed by atoms with Gasteiger partial charge in [0, 0.05) is 13.2 Å². The molecule has 0 heterocycles. The highest BCUT2D eigenvalue weighted by Crippen LogP contribution is 2.17. The number of rotatable bonds is 5. The second kappa shape index (κ2) is 5.56. The van der Waals surface area contributed by atoms with Gasteiger partial charge in [0.05, 0.1) is 0 Å². The fraction of sp³-hybridized carbons (Fsp3) is 1.00. The highest BCUT2D eigenvalue weighted by Gasteiger charge is 2.08.